The van der Waals surface area contributed by atoms with E-state index in [2.05, 4.69) is 24.0 Å². The van der Waals surface area contributed by atoms with Gasteiger partial charge in [0, 0.05) is 31.2 Å². The molecule has 1 atom stereocenters. The number of aliphatic hydroxyl groups excluding tert-OH is 1. The molecule has 184 valence electrons. The predicted molar refractivity (Wildman–Crippen MR) is 141 cm³/mol. The van der Waals surface area contributed by atoms with Gasteiger partial charge in [-0.25, -0.2) is 0 Å². The Morgan fingerprint density at radius 3 is 2.17 bits per heavy atom. The number of piperidine rings is 1. The van der Waals surface area contributed by atoms with Crippen LogP contribution in [0.5, 0.6) is 5.75 Å². The lowest BCUT2D eigenvalue weighted by Crippen LogP contribution is -2.49. The van der Waals surface area contributed by atoms with E-state index in [-0.39, 0.29) is 12.5 Å². The van der Waals surface area contributed by atoms with Gasteiger partial charge in [-0.2, -0.15) is 0 Å². The predicted octanol–water partition coefficient (Wildman–Crippen LogP) is 5.11. The zero-order valence-electron chi connectivity index (χ0n) is 20.6. The highest BCUT2D eigenvalue weighted by Crippen LogP contribution is 2.23. The number of carbonyl (C=O) groups excluding carboxylic acids is 1. The van der Waals surface area contributed by atoms with Crippen molar-refractivity contribution in [3.8, 4) is 16.9 Å². The SMILES string of the molecule is CCCN(CC(O)COc1ccc(-c2ccccc2)cc1)C1CCN(C(=O)c2ccccc2)CC1. The molecule has 0 radical (unpaired) electrons. The molecular weight excluding hydrogens is 436 g/mol. The van der Waals surface area contributed by atoms with E-state index < -0.39 is 6.10 Å². The average Bonchev–Trinajstić information content (AvgIpc) is 2.92. The Bertz CT molecular complexity index is 1030. The molecule has 1 unspecified atom stereocenters. The first kappa shape index (κ1) is 25.0. The van der Waals surface area contributed by atoms with Gasteiger partial charge in [-0.3, -0.25) is 9.69 Å². The molecule has 0 saturated carbocycles. The molecule has 0 aromatic heterocycles. The van der Waals surface area contributed by atoms with Gasteiger partial charge in [0.2, 0.25) is 0 Å². The van der Waals surface area contributed by atoms with Crippen LogP contribution in [0.3, 0.4) is 0 Å². The molecule has 5 heteroatoms. The summed E-state index contributed by atoms with van der Waals surface area (Å²) in [6, 6.07) is 28.1. The van der Waals surface area contributed by atoms with Crippen molar-refractivity contribution in [1.29, 1.82) is 0 Å². The molecule has 1 saturated heterocycles. The fraction of sp³-hybridized carbons (Fsp3) is 0.367. The highest BCUT2D eigenvalue weighted by molar-refractivity contribution is 5.94. The lowest BCUT2D eigenvalue weighted by molar-refractivity contribution is 0.0322. The molecule has 0 spiro atoms. The summed E-state index contributed by atoms with van der Waals surface area (Å²) in [5.41, 5.74) is 3.07. The first-order valence-electron chi connectivity index (χ1n) is 12.7. The van der Waals surface area contributed by atoms with E-state index >= 15 is 0 Å². The summed E-state index contributed by atoms with van der Waals surface area (Å²) in [6.45, 7) is 5.43. The molecule has 1 N–H and O–H groups in total. The van der Waals surface area contributed by atoms with Crippen molar-refractivity contribution in [2.45, 2.75) is 38.3 Å². The number of hydrogen-bond acceptors (Lipinski definition) is 4. The number of aliphatic hydroxyl groups is 1. The van der Waals surface area contributed by atoms with Crippen LogP contribution in [-0.4, -0.2) is 65.7 Å². The molecule has 1 heterocycles. The summed E-state index contributed by atoms with van der Waals surface area (Å²) in [4.78, 5) is 17.1. The second kappa shape index (κ2) is 12.5. The molecule has 1 amide bonds. The maximum Gasteiger partial charge on any atom is 0.253 e. The minimum Gasteiger partial charge on any atom is -0.491 e. The second-order valence-electron chi connectivity index (χ2n) is 9.24. The number of ether oxygens (including phenoxy) is 1. The van der Waals surface area contributed by atoms with Crippen molar-refractivity contribution in [2.24, 2.45) is 0 Å². The van der Waals surface area contributed by atoms with Gasteiger partial charge in [0.15, 0.2) is 0 Å². The first-order valence-corrected chi connectivity index (χ1v) is 12.7. The van der Waals surface area contributed by atoms with Gasteiger partial charge in [0.05, 0.1) is 0 Å². The average molecular weight is 473 g/mol. The Morgan fingerprint density at radius 1 is 0.943 bits per heavy atom. The molecule has 1 fully saturated rings. The largest absolute Gasteiger partial charge is 0.491 e. The first-order chi connectivity index (χ1) is 17.1. The van der Waals surface area contributed by atoms with Crippen molar-refractivity contribution >= 4 is 5.91 Å². The van der Waals surface area contributed by atoms with Gasteiger partial charge in [0.25, 0.3) is 5.91 Å². The molecule has 0 bridgehead atoms. The van der Waals surface area contributed by atoms with Gasteiger partial charge < -0.3 is 14.7 Å². The highest BCUT2D eigenvalue weighted by Gasteiger charge is 2.28. The van der Waals surface area contributed by atoms with Crippen molar-refractivity contribution < 1.29 is 14.6 Å². The zero-order chi connectivity index (χ0) is 24.5. The smallest absolute Gasteiger partial charge is 0.253 e. The summed E-state index contributed by atoms with van der Waals surface area (Å²) in [7, 11) is 0. The van der Waals surface area contributed by atoms with Crippen LogP contribution in [0.2, 0.25) is 0 Å². The Morgan fingerprint density at radius 2 is 1.54 bits per heavy atom. The van der Waals surface area contributed by atoms with Crippen molar-refractivity contribution in [1.82, 2.24) is 9.80 Å². The van der Waals surface area contributed by atoms with Gasteiger partial charge in [0.1, 0.15) is 18.5 Å². The second-order valence-corrected chi connectivity index (χ2v) is 9.24. The lowest BCUT2D eigenvalue weighted by Gasteiger charge is -2.39. The van der Waals surface area contributed by atoms with E-state index in [1.807, 2.05) is 77.7 Å². The van der Waals surface area contributed by atoms with Crippen LogP contribution >= 0.6 is 0 Å². The molecule has 4 rings (SSSR count). The number of rotatable bonds is 10. The molecule has 1 aliphatic heterocycles. The Kier molecular flexibility index (Phi) is 8.93. The number of likely N-dealkylation sites (tertiary alicyclic amines) is 1. The number of nitrogens with zero attached hydrogens (tertiary/aromatic N) is 2. The maximum atomic E-state index is 12.8. The topological polar surface area (TPSA) is 53.0 Å². The highest BCUT2D eigenvalue weighted by atomic mass is 16.5. The minimum atomic E-state index is -0.570. The van der Waals surface area contributed by atoms with Crippen LogP contribution in [0, 0.1) is 0 Å². The third-order valence-electron chi connectivity index (χ3n) is 6.65. The van der Waals surface area contributed by atoms with E-state index in [1.54, 1.807) is 0 Å². The molecular formula is C30H36N2O3. The monoisotopic (exact) mass is 472 g/mol. The molecule has 3 aromatic carbocycles. The summed E-state index contributed by atoms with van der Waals surface area (Å²) in [6.07, 6.45) is 2.30. The molecule has 35 heavy (non-hydrogen) atoms. The minimum absolute atomic E-state index is 0.109. The van der Waals surface area contributed by atoms with Crippen molar-refractivity contribution in [3.63, 3.8) is 0 Å². The van der Waals surface area contributed by atoms with Crippen molar-refractivity contribution in [3.05, 3.63) is 90.5 Å². The Labute approximate surface area is 209 Å². The number of benzene rings is 3. The van der Waals surface area contributed by atoms with Gasteiger partial charge in [-0.15, -0.1) is 0 Å². The summed E-state index contributed by atoms with van der Waals surface area (Å²) >= 11 is 0. The third kappa shape index (κ3) is 6.93. The van der Waals surface area contributed by atoms with Crippen LogP contribution in [0.15, 0.2) is 84.9 Å². The van der Waals surface area contributed by atoms with E-state index in [4.69, 9.17) is 4.74 Å². The Balaban J connectivity index is 1.25. The van der Waals surface area contributed by atoms with E-state index in [0.717, 1.165) is 55.8 Å². The fourth-order valence-electron chi connectivity index (χ4n) is 4.80. The summed E-state index contributed by atoms with van der Waals surface area (Å²) in [5.74, 6) is 0.872. The zero-order valence-corrected chi connectivity index (χ0v) is 20.6. The third-order valence-corrected chi connectivity index (χ3v) is 6.65. The fourth-order valence-corrected chi connectivity index (χ4v) is 4.80. The van der Waals surface area contributed by atoms with Gasteiger partial charge in [-0.1, -0.05) is 67.6 Å². The number of carbonyl (C=O) groups is 1. The van der Waals surface area contributed by atoms with Gasteiger partial charge >= 0.3 is 0 Å². The standard InChI is InChI=1S/C30H36N2O3/c1-2-19-32(27-17-20-31(21-18-27)30(34)26-11-7-4-8-12-26)22-28(33)23-35-29-15-13-25(14-16-29)24-9-5-3-6-10-24/h3-16,27-28,33H,2,17-23H2,1H3. The Hall–Kier alpha value is -3.15. The van der Waals surface area contributed by atoms with Crippen LogP contribution in [0.4, 0.5) is 0 Å². The number of hydrogen-bond donors (Lipinski definition) is 1. The number of amides is 1. The van der Waals surface area contributed by atoms with E-state index in [9.17, 15) is 9.90 Å². The molecule has 5 nitrogen and oxygen atoms in total. The lowest BCUT2D eigenvalue weighted by atomic mass is 10.0. The normalized spacial score (nSPS) is 15.2. The van der Waals surface area contributed by atoms with Crippen LogP contribution in [-0.2, 0) is 0 Å². The molecule has 0 aliphatic carbocycles. The maximum absolute atomic E-state index is 12.8. The van der Waals surface area contributed by atoms with Crippen molar-refractivity contribution in [2.75, 3.05) is 32.8 Å². The molecule has 1 aliphatic rings. The van der Waals surface area contributed by atoms with E-state index in [1.165, 1.54) is 5.56 Å². The van der Waals surface area contributed by atoms with Crippen LogP contribution < -0.4 is 4.74 Å². The summed E-state index contributed by atoms with van der Waals surface area (Å²) in [5, 5.41) is 10.7. The van der Waals surface area contributed by atoms with E-state index in [0.29, 0.717) is 12.6 Å². The molecule has 3 aromatic rings. The quantitative estimate of drug-likeness (QED) is 0.446. The summed E-state index contributed by atoms with van der Waals surface area (Å²) < 4.78 is 5.89. The van der Waals surface area contributed by atoms with Crippen LogP contribution in [0.1, 0.15) is 36.5 Å². The van der Waals surface area contributed by atoms with Crippen LogP contribution in [0.25, 0.3) is 11.1 Å². The van der Waals surface area contributed by atoms with Gasteiger partial charge in [-0.05, 0) is 61.2 Å².